The minimum absolute atomic E-state index is 0. The Morgan fingerprint density at radius 1 is 1.10 bits per heavy atom. The fraction of sp³-hybridized carbons (Fsp3) is 0.409. The van der Waals surface area contributed by atoms with E-state index in [1.807, 2.05) is 19.1 Å². The van der Waals surface area contributed by atoms with E-state index in [2.05, 4.69) is 4.90 Å². The summed E-state index contributed by atoms with van der Waals surface area (Å²) < 4.78 is 25.5. The molecule has 2 atom stereocenters. The van der Waals surface area contributed by atoms with E-state index in [4.69, 9.17) is 0 Å². The van der Waals surface area contributed by atoms with E-state index in [0.29, 0.717) is 18.0 Å². The Balaban J connectivity index is 0.00000240. The normalized spacial score (nSPS) is 24.1. The minimum atomic E-state index is -3.52. The summed E-state index contributed by atoms with van der Waals surface area (Å²) in [6.45, 7) is 3.95. The number of sulfone groups is 1. The van der Waals surface area contributed by atoms with Gasteiger partial charge in [-0.2, -0.15) is 0 Å². The number of hydrogen-bond donors (Lipinski definition) is 1. The molecule has 5 nitrogen and oxygen atoms in total. The predicted octanol–water partition coefficient (Wildman–Crippen LogP) is 3.94. The number of likely N-dealkylation sites (tertiary alicyclic amines) is 1. The average molecular weight is 436 g/mol. The predicted molar refractivity (Wildman–Crippen MR) is 113 cm³/mol. The smallest absolute Gasteiger partial charge is 0.311 e. The van der Waals surface area contributed by atoms with Gasteiger partial charge >= 0.3 is 5.97 Å². The number of halogens is 1. The number of carboxylic acid groups (broad SMARTS) is 1. The molecule has 2 aliphatic rings. The van der Waals surface area contributed by atoms with Gasteiger partial charge in [0.05, 0.1) is 15.2 Å². The molecule has 2 fully saturated rings. The van der Waals surface area contributed by atoms with E-state index in [-0.39, 0.29) is 23.2 Å². The van der Waals surface area contributed by atoms with Gasteiger partial charge in [-0.25, -0.2) is 8.42 Å². The maximum Gasteiger partial charge on any atom is 0.311 e. The second-order valence-corrected chi connectivity index (χ2v) is 10.1. The molecule has 0 amide bonds. The van der Waals surface area contributed by atoms with Crippen LogP contribution >= 0.6 is 12.4 Å². The summed E-state index contributed by atoms with van der Waals surface area (Å²) in [5.41, 5.74) is 1.43. The van der Waals surface area contributed by atoms with Crippen LogP contribution in [0.3, 0.4) is 0 Å². The summed E-state index contributed by atoms with van der Waals surface area (Å²) in [5.74, 6) is -0.441. The van der Waals surface area contributed by atoms with Gasteiger partial charge in [0.15, 0.2) is 0 Å². The lowest BCUT2D eigenvalue weighted by molar-refractivity contribution is -0.149. The molecule has 1 aliphatic heterocycles. The molecule has 7 heteroatoms. The van der Waals surface area contributed by atoms with Crippen molar-refractivity contribution >= 4 is 28.2 Å². The Morgan fingerprint density at radius 3 is 2.24 bits per heavy atom. The third kappa shape index (κ3) is 3.93. The van der Waals surface area contributed by atoms with Crippen molar-refractivity contribution in [3.63, 3.8) is 0 Å². The molecule has 2 aromatic carbocycles. The van der Waals surface area contributed by atoms with Crippen LogP contribution < -0.4 is 0 Å². The van der Waals surface area contributed by atoms with Crippen LogP contribution in [-0.4, -0.2) is 37.5 Å². The molecule has 4 rings (SSSR count). The Labute approximate surface area is 178 Å². The van der Waals surface area contributed by atoms with Crippen LogP contribution in [0, 0.1) is 18.3 Å². The molecule has 156 valence electrons. The maximum atomic E-state index is 12.8. The molecule has 0 aromatic heterocycles. The van der Waals surface area contributed by atoms with E-state index in [9.17, 15) is 18.3 Å². The quantitative estimate of drug-likeness (QED) is 0.769. The van der Waals surface area contributed by atoms with E-state index in [0.717, 1.165) is 36.9 Å². The number of carboxylic acids is 1. The summed E-state index contributed by atoms with van der Waals surface area (Å²) in [6, 6.07) is 13.8. The number of carbonyl (C=O) groups is 1. The molecular weight excluding hydrogens is 410 g/mol. The highest BCUT2D eigenvalue weighted by atomic mass is 35.5. The minimum Gasteiger partial charge on any atom is -0.481 e. The van der Waals surface area contributed by atoms with Crippen LogP contribution in [0.15, 0.2) is 58.3 Å². The molecule has 1 saturated carbocycles. The fourth-order valence-corrected chi connectivity index (χ4v) is 6.01. The van der Waals surface area contributed by atoms with Crippen LogP contribution in [0.5, 0.6) is 0 Å². The molecule has 1 saturated heterocycles. The van der Waals surface area contributed by atoms with Gasteiger partial charge in [0, 0.05) is 19.6 Å². The van der Waals surface area contributed by atoms with E-state index in [1.165, 1.54) is 0 Å². The Bertz CT molecular complexity index is 988. The number of nitrogens with zero attached hydrogens (tertiary/aromatic N) is 1. The summed E-state index contributed by atoms with van der Waals surface area (Å²) in [5, 5.41) is 9.72. The summed E-state index contributed by atoms with van der Waals surface area (Å²) in [6.07, 6.45) is 2.74. The molecular formula is C22H26ClNO4S. The monoisotopic (exact) mass is 435 g/mol. The van der Waals surface area contributed by atoms with Gasteiger partial charge in [-0.05, 0) is 55.5 Å². The Morgan fingerprint density at radius 2 is 1.69 bits per heavy atom. The third-order valence-corrected chi connectivity index (χ3v) is 8.12. The Hall–Kier alpha value is -1.89. The van der Waals surface area contributed by atoms with Crippen LogP contribution in [0.25, 0.3) is 0 Å². The number of rotatable bonds is 5. The zero-order valence-corrected chi connectivity index (χ0v) is 18.0. The zero-order chi connectivity index (χ0) is 19.9. The first-order valence-corrected chi connectivity index (χ1v) is 11.2. The fourth-order valence-electron chi connectivity index (χ4n) is 4.75. The number of aliphatic carboxylic acids is 1. The number of fused-ring (bicyclic) bond motifs is 1. The Kier molecular flexibility index (Phi) is 6.08. The first-order chi connectivity index (χ1) is 13.3. The molecule has 29 heavy (non-hydrogen) atoms. The highest BCUT2D eigenvalue weighted by molar-refractivity contribution is 7.91. The average Bonchev–Trinajstić information content (AvgIpc) is 3.20. The van der Waals surface area contributed by atoms with Crippen molar-refractivity contribution in [2.75, 3.05) is 13.1 Å². The zero-order valence-electron chi connectivity index (χ0n) is 16.4. The number of aryl methyl sites for hydroxylation is 1. The van der Waals surface area contributed by atoms with Crippen molar-refractivity contribution < 1.29 is 18.3 Å². The first-order valence-electron chi connectivity index (χ1n) is 9.68. The van der Waals surface area contributed by atoms with Crippen molar-refractivity contribution in [2.45, 2.75) is 42.5 Å². The van der Waals surface area contributed by atoms with E-state index in [1.54, 1.807) is 36.4 Å². The molecule has 0 bridgehead atoms. The van der Waals surface area contributed by atoms with Gasteiger partial charge in [-0.1, -0.05) is 36.2 Å². The third-order valence-electron chi connectivity index (χ3n) is 6.34. The van der Waals surface area contributed by atoms with Crippen molar-refractivity contribution in [1.82, 2.24) is 4.90 Å². The summed E-state index contributed by atoms with van der Waals surface area (Å²) in [4.78, 5) is 14.6. The largest absolute Gasteiger partial charge is 0.481 e. The number of benzene rings is 2. The SMILES string of the molecule is Cc1ccc(S(=O)(=O)c2ccc(CN3C[C@@H]4CCC[C@@]4(C(=O)O)C3)cc2)cc1.Cl. The molecule has 0 radical (unpaired) electrons. The highest BCUT2D eigenvalue weighted by Gasteiger charge is 2.54. The van der Waals surface area contributed by atoms with Gasteiger partial charge in [0.25, 0.3) is 0 Å². The van der Waals surface area contributed by atoms with Gasteiger partial charge in [0.2, 0.25) is 9.84 Å². The van der Waals surface area contributed by atoms with E-state index >= 15 is 0 Å². The molecule has 0 spiro atoms. The van der Waals surface area contributed by atoms with Crippen molar-refractivity contribution in [2.24, 2.45) is 11.3 Å². The lowest BCUT2D eigenvalue weighted by Gasteiger charge is -2.23. The van der Waals surface area contributed by atoms with Crippen LogP contribution in [-0.2, 0) is 21.2 Å². The van der Waals surface area contributed by atoms with Crippen LogP contribution in [0.1, 0.15) is 30.4 Å². The lowest BCUT2D eigenvalue weighted by atomic mass is 9.81. The van der Waals surface area contributed by atoms with Crippen molar-refractivity contribution in [1.29, 1.82) is 0 Å². The topological polar surface area (TPSA) is 74.7 Å². The van der Waals surface area contributed by atoms with Gasteiger partial charge in [0.1, 0.15) is 0 Å². The van der Waals surface area contributed by atoms with Gasteiger partial charge < -0.3 is 5.11 Å². The van der Waals surface area contributed by atoms with Gasteiger partial charge in [-0.15, -0.1) is 12.4 Å². The molecule has 1 heterocycles. The summed E-state index contributed by atoms with van der Waals surface area (Å²) in [7, 11) is -3.52. The molecule has 2 aromatic rings. The number of hydrogen-bond acceptors (Lipinski definition) is 4. The lowest BCUT2D eigenvalue weighted by Crippen LogP contribution is -2.35. The molecule has 0 unspecified atom stereocenters. The second-order valence-electron chi connectivity index (χ2n) is 8.18. The highest BCUT2D eigenvalue weighted by Crippen LogP contribution is 2.49. The maximum absolute atomic E-state index is 12.8. The molecule has 1 N–H and O–H groups in total. The van der Waals surface area contributed by atoms with Gasteiger partial charge in [-0.3, -0.25) is 9.69 Å². The van der Waals surface area contributed by atoms with Crippen molar-refractivity contribution in [3.05, 3.63) is 59.7 Å². The van der Waals surface area contributed by atoms with Crippen molar-refractivity contribution in [3.8, 4) is 0 Å². The first kappa shape index (κ1) is 21.8. The van der Waals surface area contributed by atoms with Crippen LogP contribution in [0.2, 0.25) is 0 Å². The molecule has 1 aliphatic carbocycles. The van der Waals surface area contributed by atoms with Crippen LogP contribution in [0.4, 0.5) is 0 Å². The second kappa shape index (κ2) is 8.09. The standard InChI is InChI=1S/C22H25NO4S.ClH/c1-16-4-8-19(9-5-16)28(26,27)20-10-6-17(7-11-20)13-23-14-18-3-2-12-22(18,15-23)21(24)25;/h4-11,18H,2-3,12-15H2,1H3,(H,24,25);1H/t18-,22+;/m0./s1. The summed E-state index contributed by atoms with van der Waals surface area (Å²) >= 11 is 0. The van der Waals surface area contributed by atoms with E-state index < -0.39 is 21.2 Å².